The Bertz CT molecular complexity index is 504. The highest BCUT2D eigenvalue weighted by atomic mass is 14.3. The quantitative estimate of drug-likeness (QED) is 0.700. The van der Waals surface area contributed by atoms with Crippen LogP contribution in [0.1, 0.15) is 36.8 Å². The summed E-state index contributed by atoms with van der Waals surface area (Å²) in [6.07, 6.45) is 3.86. The second kappa shape index (κ2) is 4.37. The Hall–Kier alpha value is -1.56. The SMILES string of the molecule is CCc1ccccc1-c1ccc(C2CC2)cc1. The van der Waals surface area contributed by atoms with Crippen LogP contribution in [0.3, 0.4) is 0 Å². The number of hydrogen-bond acceptors (Lipinski definition) is 0. The predicted octanol–water partition coefficient (Wildman–Crippen LogP) is 4.79. The average Bonchev–Trinajstić information content (AvgIpc) is 3.23. The maximum atomic E-state index is 2.31. The monoisotopic (exact) mass is 222 g/mol. The third-order valence-corrected chi connectivity index (χ3v) is 3.67. The number of aryl methyl sites for hydroxylation is 1. The van der Waals surface area contributed by atoms with E-state index in [4.69, 9.17) is 0 Å². The molecule has 0 unspecified atom stereocenters. The number of benzene rings is 2. The van der Waals surface area contributed by atoms with Gasteiger partial charge in [0.1, 0.15) is 0 Å². The molecule has 3 rings (SSSR count). The highest BCUT2D eigenvalue weighted by molar-refractivity contribution is 5.67. The summed E-state index contributed by atoms with van der Waals surface area (Å²) in [5.41, 5.74) is 5.69. The van der Waals surface area contributed by atoms with Gasteiger partial charge in [-0.3, -0.25) is 0 Å². The summed E-state index contributed by atoms with van der Waals surface area (Å²) in [6, 6.07) is 17.9. The first-order valence-electron chi connectivity index (χ1n) is 6.56. The molecule has 1 fully saturated rings. The summed E-state index contributed by atoms with van der Waals surface area (Å²) < 4.78 is 0. The van der Waals surface area contributed by atoms with Crippen molar-refractivity contribution in [3.05, 3.63) is 59.7 Å². The predicted molar refractivity (Wildman–Crippen MR) is 73.2 cm³/mol. The van der Waals surface area contributed by atoms with Crippen LogP contribution >= 0.6 is 0 Å². The van der Waals surface area contributed by atoms with E-state index in [1.807, 2.05) is 0 Å². The first-order chi connectivity index (χ1) is 8.38. The Balaban J connectivity index is 1.96. The summed E-state index contributed by atoms with van der Waals surface area (Å²) in [5, 5.41) is 0. The van der Waals surface area contributed by atoms with Crippen molar-refractivity contribution >= 4 is 0 Å². The van der Waals surface area contributed by atoms with Crippen LogP contribution in [-0.2, 0) is 6.42 Å². The third kappa shape index (κ3) is 2.12. The Morgan fingerprint density at radius 2 is 1.65 bits per heavy atom. The van der Waals surface area contributed by atoms with Crippen molar-refractivity contribution in [3.63, 3.8) is 0 Å². The van der Waals surface area contributed by atoms with Crippen molar-refractivity contribution in [1.29, 1.82) is 0 Å². The van der Waals surface area contributed by atoms with E-state index in [0.717, 1.165) is 12.3 Å². The van der Waals surface area contributed by atoms with Crippen LogP contribution in [0.15, 0.2) is 48.5 Å². The van der Waals surface area contributed by atoms with E-state index in [2.05, 4.69) is 55.5 Å². The van der Waals surface area contributed by atoms with Gasteiger partial charge in [-0.25, -0.2) is 0 Å². The van der Waals surface area contributed by atoms with Gasteiger partial charge in [0.05, 0.1) is 0 Å². The van der Waals surface area contributed by atoms with Crippen LogP contribution in [0, 0.1) is 0 Å². The van der Waals surface area contributed by atoms with E-state index in [1.165, 1.54) is 35.1 Å². The Morgan fingerprint density at radius 3 is 2.29 bits per heavy atom. The zero-order valence-electron chi connectivity index (χ0n) is 10.3. The number of hydrogen-bond donors (Lipinski definition) is 0. The minimum absolute atomic E-state index is 0.852. The standard InChI is InChI=1S/C17H18/c1-2-13-5-3-4-6-17(13)16-11-9-15(10-12-16)14-7-8-14/h3-6,9-12,14H,2,7-8H2,1H3. The first-order valence-corrected chi connectivity index (χ1v) is 6.56. The lowest BCUT2D eigenvalue weighted by molar-refractivity contribution is 1.13. The molecule has 0 N–H and O–H groups in total. The maximum absolute atomic E-state index is 2.31. The molecule has 2 aromatic carbocycles. The Labute approximate surface area is 103 Å². The van der Waals surface area contributed by atoms with Gasteiger partial charge in [0.2, 0.25) is 0 Å². The van der Waals surface area contributed by atoms with Crippen molar-refractivity contribution in [3.8, 4) is 11.1 Å². The van der Waals surface area contributed by atoms with Crippen molar-refractivity contribution < 1.29 is 0 Å². The molecular weight excluding hydrogens is 204 g/mol. The number of rotatable bonds is 3. The van der Waals surface area contributed by atoms with Gasteiger partial charge in [-0.2, -0.15) is 0 Å². The third-order valence-electron chi connectivity index (χ3n) is 3.67. The second-order valence-electron chi connectivity index (χ2n) is 4.91. The van der Waals surface area contributed by atoms with E-state index in [-0.39, 0.29) is 0 Å². The molecule has 1 aliphatic rings. The van der Waals surface area contributed by atoms with E-state index >= 15 is 0 Å². The van der Waals surface area contributed by atoms with Gasteiger partial charge in [0.15, 0.2) is 0 Å². The molecule has 2 aromatic rings. The smallest absolute Gasteiger partial charge is 0.0152 e. The molecule has 0 aliphatic heterocycles. The molecule has 0 radical (unpaired) electrons. The fourth-order valence-corrected chi connectivity index (χ4v) is 2.46. The van der Waals surface area contributed by atoms with Gasteiger partial charge < -0.3 is 0 Å². The normalized spacial score (nSPS) is 14.9. The lowest BCUT2D eigenvalue weighted by Crippen LogP contribution is -1.87. The highest BCUT2D eigenvalue weighted by Gasteiger charge is 2.22. The zero-order chi connectivity index (χ0) is 11.7. The minimum atomic E-state index is 0.852. The average molecular weight is 222 g/mol. The van der Waals surface area contributed by atoms with E-state index in [0.29, 0.717) is 0 Å². The van der Waals surface area contributed by atoms with Gasteiger partial charge in [-0.05, 0) is 47.4 Å². The molecule has 0 heterocycles. The molecule has 0 nitrogen and oxygen atoms in total. The topological polar surface area (TPSA) is 0 Å². The van der Waals surface area contributed by atoms with E-state index in [9.17, 15) is 0 Å². The first kappa shape index (κ1) is 10.6. The molecule has 86 valence electrons. The maximum Gasteiger partial charge on any atom is -0.0152 e. The summed E-state index contributed by atoms with van der Waals surface area (Å²) >= 11 is 0. The summed E-state index contributed by atoms with van der Waals surface area (Å²) in [6.45, 7) is 2.22. The fourth-order valence-electron chi connectivity index (χ4n) is 2.46. The van der Waals surface area contributed by atoms with Crippen LogP contribution in [-0.4, -0.2) is 0 Å². The molecule has 1 saturated carbocycles. The molecule has 0 aromatic heterocycles. The molecule has 0 amide bonds. The highest BCUT2D eigenvalue weighted by Crippen LogP contribution is 2.40. The van der Waals surface area contributed by atoms with Crippen molar-refractivity contribution in [2.24, 2.45) is 0 Å². The molecule has 0 atom stereocenters. The molecule has 0 spiro atoms. The van der Waals surface area contributed by atoms with Crippen LogP contribution in [0.2, 0.25) is 0 Å². The molecule has 0 saturated heterocycles. The van der Waals surface area contributed by atoms with Crippen LogP contribution in [0.25, 0.3) is 11.1 Å². The van der Waals surface area contributed by atoms with E-state index < -0.39 is 0 Å². The van der Waals surface area contributed by atoms with Crippen LogP contribution in [0.5, 0.6) is 0 Å². The summed E-state index contributed by atoms with van der Waals surface area (Å²) in [7, 11) is 0. The van der Waals surface area contributed by atoms with Gasteiger partial charge in [0, 0.05) is 0 Å². The summed E-state index contributed by atoms with van der Waals surface area (Å²) in [5.74, 6) is 0.852. The molecule has 0 bridgehead atoms. The Kier molecular flexibility index (Phi) is 2.72. The molecular formula is C17H18. The molecule has 1 aliphatic carbocycles. The molecule has 0 heteroatoms. The van der Waals surface area contributed by atoms with Gasteiger partial charge in [-0.15, -0.1) is 0 Å². The van der Waals surface area contributed by atoms with Gasteiger partial charge >= 0.3 is 0 Å². The zero-order valence-corrected chi connectivity index (χ0v) is 10.3. The minimum Gasteiger partial charge on any atom is -0.0620 e. The lowest BCUT2D eigenvalue weighted by atomic mass is 9.97. The van der Waals surface area contributed by atoms with Crippen molar-refractivity contribution in [1.82, 2.24) is 0 Å². The van der Waals surface area contributed by atoms with E-state index in [1.54, 1.807) is 0 Å². The molecule has 17 heavy (non-hydrogen) atoms. The van der Waals surface area contributed by atoms with Crippen molar-refractivity contribution in [2.45, 2.75) is 32.1 Å². The summed E-state index contributed by atoms with van der Waals surface area (Å²) in [4.78, 5) is 0. The fraction of sp³-hybridized carbons (Fsp3) is 0.294. The Morgan fingerprint density at radius 1 is 0.941 bits per heavy atom. The lowest BCUT2D eigenvalue weighted by Gasteiger charge is -2.08. The van der Waals surface area contributed by atoms with Gasteiger partial charge in [0.25, 0.3) is 0 Å². The second-order valence-corrected chi connectivity index (χ2v) is 4.91. The van der Waals surface area contributed by atoms with Crippen molar-refractivity contribution in [2.75, 3.05) is 0 Å². The van der Waals surface area contributed by atoms with Crippen LogP contribution < -0.4 is 0 Å². The van der Waals surface area contributed by atoms with Crippen LogP contribution in [0.4, 0.5) is 0 Å². The van der Waals surface area contributed by atoms with Gasteiger partial charge in [-0.1, -0.05) is 55.5 Å². The largest absolute Gasteiger partial charge is 0.0620 e.